The molecule has 0 bridgehead atoms. The zero-order chi connectivity index (χ0) is 19.3. The van der Waals surface area contributed by atoms with Crippen molar-refractivity contribution in [1.29, 1.82) is 0 Å². The highest BCUT2D eigenvalue weighted by atomic mass is 15.4. The summed E-state index contributed by atoms with van der Waals surface area (Å²) in [5.41, 5.74) is 10.4. The van der Waals surface area contributed by atoms with Gasteiger partial charge in [-0.05, 0) is 32.0 Å². The molecule has 5 aromatic rings. The fraction of sp³-hybridized carbons (Fsp3) is 0.150. The molecule has 2 N–H and O–H groups in total. The maximum Gasteiger partial charge on any atom is 0.164 e. The van der Waals surface area contributed by atoms with Crippen LogP contribution < -0.4 is 5.73 Å². The zero-order valence-corrected chi connectivity index (χ0v) is 15.5. The van der Waals surface area contributed by atoms with Gasteiger partial charge in [0.1, 0.15) is 12.1 Å². The van der Waals surface area contributed by atoms with Crippen LogP contribution in [-0.2, 0) is 0 Å². The zero-order valence-electron chi connectivity index (χ0n) is 15.5. The fourth-order valence-electron chi connectivity index (χ4n) is 3.63. The van der Waals surface area contributed by atoms with Gasteiger partial charge in [-0.25, -0.2) is 19.3 Å². The number of anilines is 1. The topological polar surface area (TPSA) is 100 Å². The molecule has 1 atom stereocenters. The van der Waals surface area contributed by atoms with Crippen LogP contribution in [0.15, 0.2) is 55.1 Å². The van der Waals surface area contributed by atoms with Crippen LogP contribution in [0.3, 0.4) is 0 Å². The maximum absolute atomic E-state index is 6.05. The van der Waals surface area contributed by atoms with Crippen LogP contribution in [0.4, 0.5) is 5.82 Å². The predicted octanol–water partition coefficient (Wildman–Crippen LogP) is 3.06. The van der Waals surface area contributed by atoms with Gasteiger partial charge in [0.05, 0.1) is 40.2 Å². The largest absolute Gasteiger partial charge is 0.383 e. The van der Waals surface area contributed by atoms with Crippen molar-refractivity contribution in [2.24, 2.45) is 0 Å². The summed E-state index contributed by atoms with van der Waals surface area (Å²) in [4.78, 5) is 12.7. The molecular weight excluding hydrogens is 352 g/mol. The first-order valence-corrected chi connectivity index (χ1v) is 8.98. The molecule has 0 aliphatic rings. The highest BCUT2D eigenvalue weighted by Crippen LogP contribution is 2.31. The van der Waals surface area contributed by atoms with Crippen molar-refractivity contribution in [3.63, 3.8) is 0 Å². The van der Waals surface area contributed by atoms with E-state index in [2.05, 4.69) is 39.1 Å². The average molecular weight is 370 g/mol. The minimum absolute atomic E-state index is 0.145. The lowest BCUT2D eigenvalue weighted by Gasteiger charge is -2.11. The summed E-state index contributed by atoms with van der Waals surface area (Å²) in [6.07, 6.45) is 5.02. The van der Waals surface area contributed by atoms with Crippen LogP contribution in [0.25, 0.3) is 27.6 Å². The SMILES string of the molecule is Cc1nn(C(C)c2nn(-c3cccnc3)c3ccccc23)c2ncnc(N)c12. The Balaban J connectivity index is 1.74. The molecule has 0 aliphatic carbocycles. The molecule has 0 saturated heterocycles. The third-order valence-corrected chi connectivity index (χ3v) is 4.96. The van der Waals surface area contributed by atoms with Gasteiger partial charge in [-0.2, -0.15) is 10.2 Å². The summed E-state index contributed by atoms with van der Waals surface area (Å²) < 4.78 is 3.78. The van der Waals surface area contributed by atoms with E-state index in [-0.39, 0.29) is 6.04 Å². The van der Waals surface area contributed by atoms with E-state index in [1.54, 1.807) is 12.4 Å². The summed E-state index contributed by atoms with van der Waals surface area (Å²) in [5.74, 6) is 0.437. The summed E-state index contributed by atoms with van der Waals surface area (Å²) in [7, 11) is 0. The number of rotatable bonds is 3. The van der Waals surface area contributed by atoms with E-state index in [0.29, 0.717) is 11.5 Å². The standard InChI is InChI=1S/C20H18N8/c1-12-17-19(21)23-11-24-20(17)27(25-12)13(2)18-15-7-3-4-8-16(15)28(26-18)14-6-5-9-22-10-14/h3-11,13H,1-2H3,(H2,21,23,24). The van der Waals surface area contributed by atoms with E-state index in [1.807, 2.05) is 40.6 Å². The van der Waals surface area contributed by atoms with E-state index < -0.39 is 0 Å². The summed E-state index contributed by atoms with van der Waals surface area (Å²) in [6.45, 7) is 3.98. The lowest BCUT2D eigenvalue weighted by molar-refractivity contribution is 0.559. The van der Waals surface area contributed by atoms with Crippen LogP contribution in [0.2, 0.25) is 0 Å². The van der Waals surface area contributed by atoms with Gasteiger partial charge in [0, 0.05) is 11.6 Å². The number of nitrogen functional groups attached to an aromatic ring is 1. The summed E-state index contributed by atoms with van der Waals surface area (Å²) in [5, 5.41) is 11.4. The Bertz CT molecular complexity index is 1300. The highest BCUT2D eigenvalue weighted by molar-refractivity contribution is 5.88. The third-order valence-electron chi connectivity index (χ3n) is 4.96. The Morgan fingerprint density at radius 2 is 1.89 bits per heavy atom. The van der Waals surface area contributed by atoms with Crippen molar-refractivity contribution in [2.75, 3.05) is 5.73 Å². The summed E-state index contributed by atoms with van der Waals surface area (Å²) >= 11 is 0. The van der Waals surface area contributed by atoms with Crippen molar-refractivity contribution in [2.45, 2.75) is 19.9 Å². The molecule has 0 radical (unpaired) electrons. The number of fused-ring (bicyclic) bond motifs is 2. The van der Waals surface area contributed by atoms with E-state index >= 15 is 0 Å². The van der Waals surface area contributed by atoms with Gasteiger partial charge in [0.25, 0.3) is 0 Å². The second-order valence-corrected chi connectivity index (χ2v) is 6.69. The molecule has 1 unspecified atom stereocenters. The van der Waals surface area contributed by atoms with E-state index in [1.165, 1.54) is 6.33 Å². The highest BCUT2D eigenvalue weighted by Gasteiger charge is 2.23. The second kappa shape index (κ2) is 6.12. The van der Waals surface area contributed by atoms with E-state index in [4.69, 9.17) is 10.8 Å². The smallest absolute Gasteiger partial charge is 0.164 e. The Kier molecular flexibility index (Phi) is 3.58. The van der Waals surface area contributed by atoms with Gasteiger partial charge in [-0.1, -0.05) is 18.2 Å². The number of hydrogen-bond acceptors (Lipinski definition) is 6. The second-order valence-electron chi connectivity index (χ2n) is 6.69. The monoisotopic (exact) mass is 370 g/mol. The summed E-state index contributed by atoms with van der Waals surface area (Å²) in [6, 6.07) is 11.9. The van der Waals surface area contributed by atoms with Gasteiger partial charge >= 0.3 is 0 Å². The Morgan fingerprint density at radius 1 is 1.04 bits per heavy atom. The molecule has 8 heteroatoms. The number of pyridine rings is 1. The van der Waals surface area contributed by atoms with E-state index in [9.17, 15) is 0 Å². The number of aromatic nitrogens is 7. The minimum atomic E-state index is -0.145. The first-order chi connectivity index (χ1) is 13.6. The van der Waals surface area contributed by atoms with Crippen molar-refractivity contribution in [1.82, 2.24) is 34.5 Å². The average Bonchev–Trinajstić information content (AvgIpc) is 3.27. The minimum Gasteiger partial charge on any atom is -0.383 e. The number of benzene rings is 1. The van der Waals surface area contributed by atoms with Crippen molar-refractivity contribution in [3.8, 4) is 5.69 Å². The Hall–Kier alpha value is -3.81. The molecule has 0 amide bonds. The van der Waals surface area contributed by atoms with E-state index in [0.717, 1.165) is 33.4 Å². The van der Waals surface area contributed by atoms with Crippen LogP contribution in [0, 0.1) is 6.92 Å². The molecule has 0 saturated carbocycles. The molecule has 0 aliphatic heterocycles. The van der Waals surface area contributed by atoms with Gasteiger partial charge in [-0.3, -0.25) is 4.98 Å². The molecule has 5 rings (SSSR count). The number of nitrogens with zero attached hydrogens (tertiary/aromatic N) is 7. The number of hydrogen-bond donors (Lipinski definition) is 1. The third kappa shape index (κ3) is 2.34. The van der Waals surface area contributed by atoms with Gasteiger partial charge in [0.15, 0.2) is 5.65 Å². The Labute approximate surface area is 160 Å². The molecule has 4 heterocycles. The Morgan fingerprint density at radius 3 is 2.71 bits per heavy atom. The lowest BCUT2D eigenvalue weighted by atomic mass is 10.1. The predicted molar refractivity (Wildman–Crippen MR) is 107 cm³/mol. The number of para-hydroxylation sites is 1. The van der Waals surface area contributed by atoms with Gasteiger partial charge < -0.3 is 5.73 Å². The van der Waals surface area contributed by atoms with Crippen LogP contribution in [-0.4, -0.2) is 34.5 Å². The molecule has 8 nitrogen and oxygen atoms in total. The van der Waals surface area contributed by atoms with Crippen molar-refractivity contribution >= 4 is 27.8 Å². The normalized spacial score (nSPS) is 12.6. The molecule has 4 aromatic heterocycles. The van der Waals surface area contributed by atoms with Gasteiger partial charge in [0.2, 0.25) is 0 Å². The fourth-order valence-corrected chi connectivity index (χ4v) is 3.63. The van der Waals surface area contributed by atoms with Crippen LogP contribution in [0.5, 0.6) is 0 Å². The molecule has 138 valence electrons. The molecule has 28 heavy (non-hydrogen) atoms. The molecule has 0 spiro atoms. The van der Waals surface area contributed by atoms with Gasteiger partial charge in [-0.15, -0.1) is 0 Å². The van der Waals surface area contributed by atoms with Crippen LogP contribution >= 0.6 is 0 Å². The molecule has 1 aromatic carbocycles. The maximum atomic E-state index is 6.05. The first kappa shape index (κ1) is 16.4. The quantitative estimate of drug-likeness (QED) is 0.524. The van der Waals surface area contributed by atoms with Crippen LogP contribution in [0.1, 0.15) is 24.4 Å². The number of nitrogens with two attached hydrogens (primary N) is 1. The van der Waals surface area contributed by atoms with Crippen molar-refractivity contribution in [3.05, 3.63) is 66.5 Å². The molecular formula is C20H18N8. The molecule has 0 fully saturated rings. The first-order valence-electron chi connectivity index (χ1n) is 8.98. The van der Waals surface area contributed by atoms with Crippen molar-refractivity contribution < 1.29 is 0 Å². The lowest BCUT2D eigenvalue weighted by Crippen LogP contribution is -2.11. The number of aryl methyl sites for hydroxylation is 1.